The molecule has 1 aromatic carbocycles. The lowest BCUT2D eigenvalue weighted by Gasteiger charge is -2.23. The van der Waals surface area contributed by atoms with E-state index in [0.29, 0.717) is 5.92 Å². The third-order valence-corrected chi connectivity index (χ3v) is 4.00. The fourth-order valence-corrected chi connectivity index (χ4v) is 2.92. The molecule has 1 aliphatic rings. The molecule has 1 atom stereocenters. The molecule has 1 heterocycles. The third-order valence-electron chi connectivity index (χ3n) is 4.00. The highest BCUT2D eigenvalue weighted by Crippen LogP contribution is 2.37. The molecule has 0 N–H and O–H groups in total. The number of anilines is 1. The number of methoxy groups -OCH3 is 1. The van der Waals surface area contributed by atoms with Gasteiger partial charge in [0.15, 0.2) is 0 Å². The third kappa shape index (κ3) is 2.26. The summed E-state index contributed by atoms with van der Waals surface area (Å²) in [5.74, 6) is 2.33. The highest BCUT2D eigenvalue weighted by molar-refractivity contribution is 5.47. The average Bonchev–Trinajstić information content (AvgIpc) is 2.90. The van der Waals surface area contributed by atoms with Gasteiger partial charge >= 0.3 is 0 Å². The first kappa shape index (κ1) is 13.0. The Morgan fingerprint density at radius 2 is 2.20 bits per heavy atom. The number of nitrogens with zero attached hydrogens (tertiary/aromatic N) is 2. The highest BCUT2D eigenvalue weighted by atomic mass is 16.5. The molecule has 0 saturated heterocycles. The van der Waals surface area contributed by atoms with Crippen LogP contribution in [0, 0.1) is 0 Å². The second-order valence-corrected chi connectivity index (χ2v) is 5.52. The number of rotatable bonds is 3. The second kappa shape index (κ2) is 5.19. The Morgan fingerprint density at radius 1 is 1.35 bits per heavy atom. The van der Waals surface area contributed by atoms with Gasteiger partial charge in [-0.15, -0.1) is 0 Å². The standard InChI is InChI=1S/C16H20N2O2/c1-18(2)16-14-10-12(7-8-15(14)17-20-16)11-5-4-6-13(9-11)19-3/h4-6,9,12H,7-8,10H2,1-3H3. The maximum atomic E-state index is 5.46. The maximum absolute atomic E-state index is 5.46. The SMILES string of the molecule is COc1cccc(C2CCc3noc(N(C)C)c3C2)c1. The van der Waals surface area contributed by atoms with Crippen molar-refractivity contribution < 1.29 is 9.26 Å². The molecule has 0 fully saturated rings. The molecule has 0 bridgehead atoms. The zero-order chi connectivity index (χ0) is 14.1. The van der Waals surface area contributed by atoms with E-state index in [-0.39, 0.29) is 0 Å². The Kier molecular flexibility index (Phi) is 3.38. The first-order valence-corrected chi connectivity index (χ1v) is 6.97. The topological polar surface area (TPSA) is 38.5 Å². The van der Waals surface area contributed by atoms with E-state index in [0.717, 1.165) is 36.6 Å². The van der Waals surface area contributed by atoms with Gasteiger partial charge in [0.05, 0.1) is 12.8 Å². The van der Waals surface area contributed by atoms with E-state index < -0.39 is 0 Å². The largest absolute Gasteiger partial charge is 0.497 e. The van der Waals surface area contributed by atoms with Gasteiger partial charge in [0.1, 0.15) is 5.75 Å². The summed E-state index contributed by atoms with van der Waals surface area (Å²) >= 11 is 0. The van der Waals surface area contributed by atoms with Crippen LogP contribution in [0.15, 0.2) is 28.8 Å². The first-order valence-electron chi connectivity index (χ1n) is 6.97. The van der Waals surface area contributed by atoms with Crippen molar-refractivity contribution in [2.45, 2.75) is 25.2 Å². The number of benzene rings is 1. The van der Waals surface area contributed by atoms with Gasteiger partial charge in [0.2, 0.25) is 5.88 Å². The zero-order valence-corrected chi connectivity index (χ0v) is 12.2. The molecule has 0 radical (unpaired) electrons. The number of ether oxygens (including phenoxy) is 1. The van der Waals surface area contributed by atoms with Gasteiger partial charge in [-0.2, -0.15) is 0 Å². The number of aryl methyl sites for hydroxylation is 1. The van der Waals surface area contributed by atoms with Crippen molar-refractivity contribution in [1.29, 1.82) is 0 Å². The van der Waals surface area contributed by atoms with Crippen LogP contribution in [0.2, 0.25) is 0 Å². The predicted octanol–water partition coefficient (Wildman–Crippen LogP) is 3.02. The molecule has 0 saturated carbocycles. The molecule has 2 aromatic rings. The molecule has 0 amide bonds. The highest BCUT2D eigenvalue weighted by Gasteiger charge is 2.27. The summed E-state index contributed by atoms with van der Waals surface area (Å²) in [6.45, 7) is 0. The van der Waals surface area contributed by atoms with E-state index in [1.807, 2.05) is 25.1 Å². The Labute approximate surface area is 119 Å². The molecule has 1 aromatic heterocycles. The minimum absolute atomic E-state index is 0.510. The second-order valence-electron chi connectivity index (χ2n) is 5.52. The lowest BCUT2D eigenvalue weighted by molar-refractivity contribution is 0.412. The van der Waals surface area contributed by atoms with E-state index in [2.05, 4.69) is 23.4 Å². The van der Waals surface area contributed by atoms with Crippen molar-refractivity contribution in [2.24, 2.45) is 0 Å². The van der Waals surface area contributed by atoms with Crippen LogP contribution in [-0.4, -0.2) is 26.4 Å². The number of aromatic nitrogens is 1. The van der Waals surface area contributed by atoms with Gasteiger partial charge in [-0.1, -0.05) is 17.3 Å². The molecule has 4 nitrogen and oxygen atoms in total. The molecule has 106 valence electrons. The van der Waals surface area contributed by atoms with Crippen LogP contribution in [0.25, 0.3) is 0 Å². The fourth-order valence-electron chi connectivity index (χ4n) is 2.92. The summed E-state index contributed by atoms with van der Waals surface area (Å²) in [5, 5.41) is 4.20. The fraction of sp³-hybridized carbons (Fsp3) is 0.438. The lowest BCUT2D eigenvalue weighted by Crippen LogP contribution is -2.16. The Morgan fingerprint density at radius 3 is 2.95 bits per heavy atom. The Hall–Kier alpha value is -1.97. The van der Waals surface area contributed by atoms with Crippen LogP contribution >= 0.6 is 0 Å². The summed E-state index contributed by atoms with van der Waals surface area (Å²) in [5.41, 5.74) is 3.71. The minimum Gasteiger partial charge on any atom is -0.497 e. The lowest BCUT2D eigenvalue weighted by atomic mass is 9.82. The van der Waals surface area contributed by atoms with Gasteiger partial charge in [-0.25, -0.2) is 0 Å². The van der Waals surface area contributed by atoms with Crippen molar-refractivity contribution in [3.05, 3.63) is 41.1 Å². The normalized spacial score (nSPS) is 17.6. The number of fused-ring (bicyclic) bond motifs is 1. The van der Waals surface area contributed by atoms with Crippen LogP contribution in [-0.2, 0) is 12.8 Å². The summed E-state index contributed by atoms with van der Waals surface area (Å²) in [7, 11) is 5.70. The summed E-state index contributed by atoms with van der Waals surface area (Å²) in [6, 6.07) is 8.37. The summed E-state index contributed by atoms with van der Waals surface area (Å²) < 4.78 is 10.8. The quantitative estimate of drug-likeness (QED) is 0.861. The van der Waals surface area contributed by atoms with Crippen LogP contribution in [0.1, 0.15) is 29.2 Å². The van der Waals surface area contributed by atoms with Crippen molar-refractivity contribution >= 4 is 5.88 Å². The zero-order valence-electron chi connectivity index (χ0n) is 12.2. The van der Waals surface area contributed by atoms with E-state index in [1.165, 1.54) is 11.1 Å². The monoisotopic (exact) mass is 272 g/mol. The molecule has 4 heteroatoms. The van der Waals surface area contributed by atoms with Crippen molar-refractivity contribution in [2.75, 3.05) is 26.1 Å². The van der Waals surface area contributed by atoms with Crippen LogP contribution < -0.4 is 9.64 Å². The molecular formula is C16H20N2O2. The molecule has 1 unspecified atom stereocenters. The van der Waals surface area contributed by atoms with Gasteiger partial charge < -0.3 is 14.2 Å². The Balaban J connectivity index is 1.89. The smallest absolute Gasteiger partial charge is 0.230 e. The van der Waals surface area contributed by atoms with Crippen LogP contribution in [0.4, 0.5) is 5.88 Å². The van der Waals surface area contributed by atoms with Gasteiger partial charge in [-0.3, -0.25) is 0 Å². The first-order chi connectivity index (χ1) is 9.69. The molecule has 20 heavy (non-hydrogen) atoms. The maximum Gasteiger partial charge on any atom is 0.230 e. The van der Waals surface area contributed by atoms with Crippen molar-refractivity contribution in [3.63, 3.8) is 0 Å². The van der Waals surface area contributed by atoms with Crippen LogP contribution in [0.5, 0.6) is 5.75 Å². The van der Waals surface area contributed by atoms with E-state index in [4.69, 9.17) is 9.26 Å². The average molecular weight is 272 g/mol. The molecule has 3 rings (SSSR count). The van der Waals surface area contributed by atoms with Gasteiger partial charge in [-0.05, 0) is 42.9 Å². The van der Waals surface area contributed by atoms with E-state index in [9.17, 15) is 0 Å². The van der Waals surface area contributed by atoms with Crippen LogP contribution in [0.3, 0.4) is 0 Å². The Bertz CT molecular complexity index is 604. The minimum atomic E-state index is 0.510. The molecule has 0 aliphatic heterocycles. The van der Waals surface area contributed by atoms with Crippen molar-refractivity contribution in [1.82, 2.24) is 5.16 Å². The van der Waals surface area contributed by atoms with E-state index >= 15 is 0 Å². The van der Waals surface area contributed by atoms with Crippen molar-refractivity contribution in [3.8, 4) is 5.75 Å². The van der Waals surface area contributed by atoms with Gasteiger partial charge in [0.25, 0.3) is 0 Å². The van der Waals surface area contributed by atoms with Gasteiger partial charge in [0, 0.05) is 19.7 Å². The summed E-state index contributed by atoms with van der Waals surface area (Å²) in [6.07, 6.45) is 3.08. The summed E-state index contributed by atoms with van der Waals surface area (Å²) in [4.78, 5) is 2.00. The molecular weight excluding hydrogens is 252 g/mol. The predicted molar refractivity (Wildman–Crippen MR) is 78.6 cm³/mol. The molecule has 0 spiro atoms. The molecule has 1 aliphatic carbocycles. The number of hydrogen-bond acceptors (Lipinski definition) is 4. The number of hydrogen-bond donors (Lipinski definition) is 0. The van der Waals surface area contributed by atoms with E-state index in [1.54, 1.807) is 7.11 Å².